The highest BCUT2D eigenvalue weighted by atomic mass is 35.5. The van der Waals surface area contributed by atoms with E-state index in [1.165, 1.54) is 24.3 Å². The first-order valence-electron chi connectivity index (χ1n) is 9.36. The molecule has 1 aromatic carbocycles. The van der Waals surface area contributed by atoms with Crippen molar-refractivity contribution in [1.29, 1.82) is 5.26 Å². The Morgan fingerprint density at radius 1 is 1.34 bits per heavy atom. The first-order chi connectivity index (χ1) is 13.9. The Morgan fingerprint density at radius 3 is 2.79 bits per heavy atom. The summed E-state index contributed by atoms with van der Waals surface area (Å²) in [7, 11) is 0. The number of nitro benzene ring substituents is 1. The molecule has 29 heavy (non-hydrogen) atoms. The fourth-order valence-corrected chi connectivity index (χ4v) is 3.67. The van der Waals surface area contributed by atoms with Crippen molar-refractivity contribution in [3.63, 3.8) is 0 Å². The number of nitriles is 1. The smallest absolute Gasteiger partial charge is 0.270 e. The molecule has 0 spiro atoms. The van der Waals surface area contributed by atoms with E-state index >= 15 is 0 Å². The van der Waals surface area contributed by atoms with Crippen LogP contribution >= 0.6 is 11.6 Å². The Kier molecular flexibility index (Phi) is 6.35. The van der Waals surface area contributed by atoms with Crippen LogP contribution in [0.2, 0.25) is 5.02 Å². The zero-order valence-corrected chi connectivity index (χ0v) is 16.6. The number of rotatable bonds is 5. The van der Waals surface area contributed by atoms with E-state index in [1.54, 1.807) is 12.1 Å². The molecule has 7 nitrogen and oxygen atoms in total. The van der Waals surface area contributed by atoms with Crippen molar-refractivity contribution in [3.8, 4) is 17.4 Å². The summed E-state index contributed by atoms with van der Waals surface area (Å²) in [5.74, 6) is 0.533. The molecule has 1 amide bonds. The van der Waals surface area contributed by atoms with Crippen LogP contribution in [0, 0.1) is 27.4 Å². The van der Waals surface area contributed by atoms with Gasteiger partial charge in [0.15, 0.2) is 0 Å². The molecule has 0 unspecified atom stereocenters. The quantitative estimate of drug-likeness (QED) is 0.317. The third-order valence-electron chi connectivity index (χ3n) is 5.13. The number of carbonyl (C=O) groups excluding carboxylic acids is 1. The Labute approximate surface area is 173 Å². The highest BCUT2D eigenvalue weighted by Gasteiger charge is 2.24. The molecule has 1 heterocycles. The van der Waals surface area contributed by atoms with Crippen molar-refractivity contribution >= 4 is 29.3 Å². The van der Waals surface area contributed by atoms with Gasteiger partial charge in [0.05, 0.1) is 9.95 Å². The van der Waals surface area contributed by atoms with Gasteiger partial charge >= 0.3 is 0 Å². The maximum absolute atomic E-state index is 12.5. The van der Waals surface area contributed by atoms with Crippen LogP contribution in [0.15, 0.2) is 40.3 Å². The minimum Gasteiger partial charge on any atom is -0.457 e. The van der Waals surface area contributed by atoms with Crippen LogP contribution in [0.3, 0.4) is 0 Å². The molecule has 0 radical (unpaired) electrons. The van der Waals surface area contributed by atoms with Gasteiger partial charge in [0, 0.05) is 29.8 Å². The SMILES string of the molecule is C[C@@H]1CCCC[C@@H]1NC(=O)/C(C#N)=C/c1ccc(-c2cc([N+](=O)[O-])ccc2Cl)o1. The molecular formula is C21H20ClN3O4. The second kappa shape index (κ2) is 8.93. The van der Waals surface area contributed by atoms with E-state index in [2.05, 4.69) is 12.2 Å². The Balaban J connectivity index is 1.81. The molecule has 1 aliphatic rings. The summed E-state index contributed by atoms with van der Waals surface area (Å²) in [5, 5.41) is 23.6. The predicted molar refractivity (Wildman–Crippen MR) is 109 cm³/mol. The summed E-state index contributed by atoms with van der Waals surface area (Å²) in [4.78, 5) is 23.0. The number of carbonyl (C=O) groups is 1. The molecule has 0 saturated heterocycles. The summed E-state index contributed by atoms with van der Waals surface area (Å²) in [6, 6.07) is 9.19. The van der Waals surface area contributed by atoms with Crippen LogP contribution in [0.5, 0.6) is 0 Å². The molecule has 1 aliphatic carbocycles. The highest BCUT2D eigenvalue weighted by Crippen LogP contribution is 2.33. The number of amides is 1. The van der Waals surface area contributed by atoms with E-state index in [1.807, 2.05) is 6.07 Å². The molecule has 8 heteroatoms. The largest absolute Gasteiger partial charge is 0.457 e. The van der Waals surface area contributed by atoms with Gasteiger partial charge in [0.2, 0.25) is 0 Å². The third kappa shape index (κ3) is 4.84. The van der Waals surface area contributed by atoms with Crippen LogP contribution < -0.4 is 5.32 Å². The van der Waals surface area contributed by atoms with Gasteiger partial charge < -0.3 is 9.73 Å². The summed E-state index contributed by atoms with van der Waals surface area (Å²) in [6.07, 6.45) is 5.54. The predicted octanol–water partition coefficient (Wildman–Crippen LogP) is 5.11. The van der Waals surface area contributed by atoms with Crippen LogP contribution in [-0.2, 0) is 4.79 Å². The van der Waals surface area contributed by atoms with Crippen molar-refractivity contribution in [3.05, 3.63) is 56.8 Å². The van der Waals surface area contributed by atoms with Gasteiger partial charge in [-0.3, -0.25) is 14.9 Å². The maximum atomic E-state index is 12.5. The number of non-ortho nitro benzene ring substituents is 1. The van der Waals surface area contributed by atoms with Crippen molar-refractivity contribution in [2.24, 2.45) is 5.92 Å². The second-order valence-electron chi connectivity index (χ2n) is 7.13. The minimum atomic E-state index is -0.520. The minimum absolute atomic E-state index is 0.0591. The summed E-state index contributed by atoms with van der Waals surface area (Å²) in [5.41, 5.74) is 0.185. The molecule has 1 fully saturated rings. The van der Waals surface area contributed by atoms with Gasteiger partial charge in [-0.15, -0.1) is 0 Å². The van der Waals surface area contributed by atoms with Gasteiger partial charge in [-0.05, 0) is 37.0 Å². The molecule has 1 aromatic heterocycles. The fraction of sp³-hybridized carbons (Fsp3) is 0.333. The molecular weight excluding hydrogens is 394 g/mol. The van der Waals surface area contributed by atoms with E-state index in [9.17, 15) is 20.2 Å². The van der Waals surface area contributed by atoms with Gasteiger partial charge in [0.25, 0.3) is 11.6 Å². The van der Waals surface area contributed by atoms with E-state index in [0.717, 1.165) is 25.7 Å². The molecule has 1 saturated carbocycles. The average molecular weight is 414 g/mol. The van der Waals surface area contributed by atoms with Gasteiger partial charge in [-0.1, -0.05) is 31.4 Å². The van der Waals surface area contributed by atoms with Crippen molar-refractivity contribution in [2.45, 2.75) is 38.6 Å². The zero-order valence-electron chi connectivity index (χ0n) is 15.9. The number of nitrogens with zero attached hydrogens (tertiary/aromatic N) is 2. The normalized spacial score (nSPS) is 19.4. The average Bonchev–Trinajstić information content (AvgIpc) is 3.16. The lowest BCUT2D eigenvalue weighted by Gasteiger charge is -2.29. The zero-order chi connectivity index (χ0) is 21.0. The first kappa shape index (κ1) is 20.6. The van der Waals surface area contributed by atoms with E-state index in [-0.39, 0.29) is 23.1 Å². The summed E-state index contributed by atoms with van der Waals surface area (Å²) in [6.45, 7) is 2.10. The monoisotopic (exact) mass is 413 g/mol. The van der Waals surface area contributed by atoms with Gasteiger partial charge in [-0.2, -0.15) is 5.26 Å². The molecule has 0 bridgehead atoms. The number of hydrogen-bond donors (Lipinski definition) is 1. The molecule has 0 aliphatic heterocycles. The highest BCUT2D eigenvalue weighted by molar-refractivity contribution is 6.33. The van der Waals surface area contributed by atoms with Crippen LogP contribution in [0.4, 0.5) is 5.69 Å². The van der Waals surface area contributed by atoms with Crippen molar-refractivity contribution < 1.29 is 14.1 Å². The number of nitro groups is 1. The van der Waals surface area contributed by atoms with Crippen LogP contribution in [0.25, 0.3) is 17.4 Å². The Morgan fingerprint density at radius 2 is 2.10 bits per heavy atom. The number of hydrogen-bond acceptors (Lipinski definition) is 5. The van der Waals surface area contributed by atoms with E-state index < -0.39 is 10.8 Å². The van der Waals surface area contributed by atoms with E-state index in [4.69, 9.17) is 16.0 Å². The maximum Gasteiger partial charge on any atom is 0.270 e. The molecule has 150 valence electrons. The first-order valence-corrected chi connectivity index (χ1v) is 9.73. The number of furan rings is 1. The fourth-order valence-electron chi connectivity index (χ4n) is 3.46. The van der Waals surface area contributed by atoms with Crippen molar-refractivity contribution in [2.75, 3.05) is 0 Å². The standard InChI is InChI=1S/C21H20ClN3O4/c1-13-4-2-3-5-19(13)24-21(26)14(12-23)10-16-7-9-20(29-16)17-11-15(25(27)28)6-8-18(17)22/h6-11,13,19H,2-5H2,1H3,(H,24,26)/b14-10+/t13-,19+/m1/s1. The third-order valence-corrected chi connectivity index (χ3v) is 5.46. The number of nitrogens with one attached hydrogen (secondary N) is 1. The van der Waals surface area contributed by atoms with Crippen molar-refractivity contribution in [1.82, 2.24) is 5.32 Å². The van der Waals surface area contributed by atoms with Crippen LogP contribution in [0.1, 0.15) is 38.4 Å². The van der Waals surface area contributed by atoms with Gasteiger partial charge in [-0.25, -0.2) is 0 Å². The lowest BCUT2D eigenvalue weighted by atomic mass is 9.86. The topological polar surface area (TPSA) is 109 Å². The van der Waals surface area contributed by atoms with Crippen LogP contribution in [-0.4, -0.2) is 16.9 Å². The molecule has 3 rings (SSSR count). The lowest BCUT2D eigenvalue weighted by molar-refractivity contribution is -0.384. The Bertz CT molecular complexity index is 1010. The lowest BCUT2D eigenvalue weighted by Crippen LogP contribution is -2.41. The molecule has 2 aromatic rings. The van der Waals surface area contributed by atoms with Gasteiger partial charge in [0.1, 0.15) is 23.2 Å². The molecule has 1 N–H and O–H groups in total. The second-order valence-corrected chi connectivity index (χ2v) is 7.54. The van der Waals surface area contributed by atoms with E-state index in [0.29, 0.717) is 22.3 Å². The summed E-state index contributed by atoms with van der Waals surface area (Å²) < 4.78 is 5.66. The number of benzene rings is 1. The Hall–Kier alpha value is -3.11. The number of halogens is 1. The molecule has 2 atom stereocenters. The summed E-state index contributed by atoms with van der Waals surface area (Å²) >= 11 is 6.14.